The molecule has 1 saturated heterocycles. The monoisotopic (exact) mass is 307 g/mol. The number of hydrogen-bond donors (Lipinski definition) is 2. The number of aliphatic carboxylic acids is 1. The maximum absolute atomic E-state index is 12.1. The van der Waals surface area contributed by atoms with Crippen molar-refractivity contribution >= 4 is 29.3 Å². The largest absolute Gasteiger partial charge is 0.481 e. The van der Waals surface area contributed by atoms with Gasteiger partial charge in [0.15, 0.2) is 0 Å². The van der Waals surface area contributed by atoms with Crippen LogP contribution >= 0.6 is 11.8 Å². The normalized spacial score (nSPS) is 17.2. The van der Waals surface area contributed by atoms with Gasteiger partial charge < -0.3 is 10.4 Å². The predicted molar refractivity (Wildman–Crippen MR) is 85.6 cm³/mol. The number of benzene rings is 1. The van der Waals surface area contributed by atoms with E-state index in [1.807, 2.05) is 36.0 Å². The maximum atomic E-state index is 12.1. The van der Waals surface area contributed by atoms with Gasteiger partial charge in [0.25, 0.3) is 0 Å². The maximum Gasteiger partial charge on any atom is 0.306 e. The number of carbonyl (C=O) groups is 2. The molecule has 1 heterocycles. The van der Waals surface area contributed by atoms with Gasteiger partial charge in [-0.15, -0.1) is 0 Å². The van der Waals surface area contributed by atoms with Crippen LogP contribution in [0.2, 0.25) is 0 Å². The van der Waals surface area contributed by atoms with Crippen molar-refractivity contribution in [2.75, 3.05) is 16.8 Å². The molecule has 0 bridgehead atoms. The van der Waals surface area contributed by atoms with E-state index in [0.29, 0.717) is 6.42 Å². The molecule has 5 heteroatoms. The van der Waals surface area contributed by atoms with E-state index in [1.54, 1.807) is 6.92 Å². The van der Waals surface area contributed by atoms with Crippen molar-refractivity contribution in [1.82, 2.24) is 0 Å². The fraction of sp³-hybridized carbons (Fsp3) is 0.500. The van der Waals surface area contributed by atoms with E-state index in [2.05, 4.69) is 5.32 Å². The van der Waals surface area contributed by atoms with Crippen molar-refractivity contribution < 1.29 is 14.7 Å². The highest BCUT2D eigenvalue weighted by Gasteiger charge is 2.21. The molecule has 1 aromatic carbocycles. The van der Waals surface area contributed by atoms with Crippen LogP contribution in [0.15, 0.2) is 24.3 Å². The summed E-state index contributed by atoms with van der Waals surface area (Å²) in [6, 6.07) is 7.45. The first-order chi connectivity index (χ1) is 10.1. The van der Waals surface area contributed by atoms with Crippen molar-refractivity contribution in [2.24, 2.45) is 11.8 Å². The van der Waals surface area contributed by atoms with Gasteiger partial charge in [0.2, 0.25) is 5.91 Å². The van der Waals surface area contributed by atoms with Crippen LogP contribution in [0.3, 0.4) is 0 Å². The first-order valence-electron chi connectivity index (χ1n) is 7.26. The molecule has 4 nitrogen and oxygen atoms in total. The van der Waals surface area contributed by atoms with Gasteiger partial charge in [-0.2, -0.15) is 11.8 Å². The highest BCUT2D eigenvalue weighted by molar-refractivity contribution is 7.99. The fourth-order valence-electron chi connectivity index (χ4n) is 2.37. The highest BCUT2D eigenvalue weighted by atomic mass is 32.2. The molecule has 1 atom stereocenters. The van der Waals surface area contributed by atoms with Crippen molar-refractivity contribution in [3.63, 3.8) is 0 Å². The Kier molecular flexibility index (Phi) is 5.67. The first-order valence-corrected chi connectivity index (χ1v) is 8.42. The Morgan fingerprint density at radius 2 is 1.90 bits per heavy atom. The van der Waals surface area contributed by atoms with Crippen LogP contribution in [-0.2, 0) is 16.0 Å². The minimum Gasteiger partial charge on any atom is -0.481 e. The summed E-state index contributed by atoms with van der Waals surface area (Å²) in [4.78, 5) is 23.0. The lowest BCUT2D eigenvalue weighted by atomic mass is 10.0. The third-order valence-corrected chi connectivity index (χ3v) is 4.83. The Hall–Kier alpha value is -1.49. The second-order valence-electron chi connectivity index (χ2n) is 5.52. The van der Waals surface area contributed by atoms with Crippen molar-refractivity contribution in [3.8, 4) is 0 Å². The van der Waals surface area contributed by atoms with E-state index in [9.17, 15) is 9.59 Å². The Balaban J connectivity index is 1.89. The van der Waals surface area contributed by atoms with Crippen LogP contribution < -0.4 is 5.32 Å². The van der Waals surface area contributed by atoms with Gasteiger partial charge in [0, 0.05) is 11.6 Å². The zero-order chi connectivity index (χ0) is 15.2. The van der Waals surface area contributed by atoms with Crippen molar-refractivity contribution in [3.05, 3.63) is 29.8 Å². The molecule has 1 amide bonds. The molecule has 1 unspecified atom stereocenters. The summed E-state index contributed by atoms with van der Waals surface area (Å²) in [7, 11) is 0. The second kappa shape index (κ2) is 7.50. The number of thioether (sulfide) groups is 1. The number of nitrogens with one attached hydrogen (secondary N) is 1. The number of hydrogen-bond acceptors (Lipinski definition) is 3. The molecule has 2 N–H and O–H groups in total. The average Bonchev–Trinajstić information content (AvgIpc) is 2.50. The molecule has 0 aromatic heterocycles. The lowest BCUT2D eigenvalue weighted by molar-refractivity contribution is -0.141. The molecular weight excluding hydrogens is 286 g/mol. The third kappa shape index (κ3) is 4.77. The van der Waals surface area contributed by atoms with Gasteiger partial charge in [0.05, 0.1) is 5.92 Å². The Labute approximate surface area is 129 Å². The molecule has 0 spiro atoms. The third-order valence-electron chi connectivity index (χ3n) is 3.78. The van der Waals surface area contributed by atoms with E-state index in [-0.39, 0.29) is 11.8 Å². The molecule has 0 aliphatic carbocycles. The zero-order valence-corrected chi connectivity index (χ0v) is 13.0. The van der Waals surface area contributed by atoms with Gasteiger partial charge in [-0.3, -0.25) is 9.59 Å². The molecule has 0 saturated carbocycles. The molecule has 0 radical (unpaired) electrons. The number of amides is 1. The van der Waals surface area contributed by atoms with Crippen LogP contribution in [0.4, 0.5) is 5.69 Å². The summed E-state index contributed by atoms with van der Waals surface area (Å²) in [5.74, 6) is 1.15. The minimum absolute atomic E-state index is 0.0990. The van der Waals surface area contributed by atoms with Gasteiger partial charge >= 0.3 is 5.97 Å². The summed E-state index contributed by atoms with van der Waals surface area (Å²) in [5, 5.41) is 11.9. The molecular formula is C16H21NO3S. The first kappa shape index (κ1) is 15.9. The van der Waals surface area contributed by atoms with E-state index < -0.39 is 11.9 Å². The van der Waals surface area contributed by atoms with Crippen LogP contribution in [0.25, 0.3) is 0 Å². The zero-order valence-electron chi connectivity index (χ0n) is 12.2. The number of carbonyl (C=O) groups excluding carboxylic acids is 1. The number of carboxylic acids is 1. The van der Waals surface area contributed by atoms with Crippen molar-refractivity contribution in [1.29, 1.82) is 0 Å². The molecule has 1 fully saturated rings. The Morgan fingerprint density at radius 1 is 1.29 bits per heavy atom. The molecule has 1 aromatic rings. The molecule has 2 rings (SSSR count). The summed E-state index contributed by atoms with van der Waals surface area (Å²) in [6.07, 6.45) is 2.40. The van der Waals surface area contributed by atoms with Crippen molar-refractivity contribution in [2.45, 2.75) is 26.2 Å². The molecule has 1 aliphatic rings. The van der Waals surface area contributed by atoms with Gasteiger partial charge in [0.1, 0.15) is 0 Å². The number of rotatable bonds is 5. The second-order valence-corrected chi connectivity index (χ2v) is 6.74. The fourth-order valence-corrected chi connectivity index (χ4v) is 3.48. The van der Waals surface area contributed by atoms with Crippen LogP contribution in [0.5, 0.6) is 0 Å². The van der Waals surface area contributed by atoms with Gasteiger partial charge in [-0.05, 0) is 48.5 Å². The lowest BCUT2D eigenvalue weighted by Gasteiger charge is -2.20. The predicted octanol–water partition coefficient (Wildman–Crippen LogP) is 3.03. The van der Waals surface area contributed by atoms with E-state index >= 15 is 0 Å². The number of carboxylic acid groups (broad SMARTS) is 1. The van der Waals surface area contributed by atoms with Gasteiger partial charge in [-0.1, -0.05) is 19.1 Å². The van der Waals surface area contributed by atoms with Crippen LogP contribution in [-0.4, -0.2) is 28.5 Å². The smallest absolute Gasteiger partial charge is 0.306 e. The summed E-state index contributed by atoms with van der Waals surface area (Å²) in [5.41, 5.74) is 1.75. The van der Waals surface area contributed by atoms with Crippen LogP contribution in [0, 0.1) is 11.8 Å². The minimum atomic E-state index is -0.789. The van der Waals surface area contributed by atoms with E-state index in [0.717, 1.165) is 35.6 Å². The van der Waals surface area contributed by atoms with Crippen LogP contribution in [0.1, 0.15) is 25.3 Å². The standard InChI is InChI=1S/C16H21NO3S/c1-11(16(19)20)10-12-2-4-14(5-3-12)17-15(18)13-6-8-21-9-7-13/h2-5,11,13H,6-10H2,1H3,(H,17,18)(H,19,20). The Bertz CT molecular complexity index is 495. The average molecular weight is 307 g/mol. The van der Waals surface area contributed by atoms with E-state index in [4.69, 9.17) is 5.11 Å². The van der Waals surface area contributed by atoms with E-state index in [1.165, 1.54) is 0 Å². The van der Waals surface area contributed by atoms with Gasteiger partial charge in [-0.25, -0.2) is 0 Å². The molecule has 114 valence electrons. The quantitative estimate of drug-likeness (QED) is 0.877. The summed E-state index contributed by atoms with van der Waals surface area (Å²) >= 11 is 1.90. The lowest BCUT2D eigenvalue weighted by Crippen LogP contribution is -2.26. The molecule has 21 heavy (non-hydrogen) atoms. The SMILES string of the molecule is CC(Cc1ccc(NC(=O)C2CCSCC2)cc1)C(=O)O. The summed E-state index contributed by atoms with van der Waals surface area (Å²) < 4.78 is 0. The molecule has 1 aliphatic heterocycles. The highest BCUT2D eigenvalue weighted by Crippen LogP contribution is 2.24. The Morgan fingerprint density at radius 3 is 2.48 bits per heavy atom. The topological polar surface area (TPSA) is 66.4 Å². The summed E-state index contributed by atoms with van der Waals surface area (Å²) in [6.45, 7) is 1.69. The number of anilines is 1.